The number of ether oxygens (including phenoxy) is 1. The van der Waals surface area contributed by atoms with Gasteiger partial charge in [0.25, 0.3) is 0 Å². The van der Waals surface area contributed by atoms with Crippen molar-refractivity contribution in [2.45, 2.75) is 13.5 Å². The highest BCUT2D eigenvalue weighted by Crippen LogP contribution is 2.19. The van der Waals surface area contributed by atoms with E-state index >= 15 is 0 Å². The molecule has 2 N–H and O–H groups in total. The van der Waals surface area contributed by atoms with Crippen molar-refractivity contribution in [2.75, 3.05) is 5.73 Å². The minimum Gasteiger partial charge on any atom is -0.457 e. The smallest absolute Gasteiger partial charge is 0.338 e. The Balaban J connectivity index is 2.06. The average molecular weight is 294 g/mol. The van der Waals surface area contributed by atoms with Gasteiger partial charge >= 0.3 is 5.97 Å². The predicted molar refractivity (Wildman–Crippen MR) is 76.1 cm³/mol. The first kappa shape index (κ1) is 14.3. The second-order valence-corrected chi connectivity index (χ2v) is 4.81. The Kier molecular flexibility index (Phi) is 4.25. The first-order chi connectivity index (χ1) is 9.47. The molecule has 2 rings (SSSR count). The molecule has 0 aliphatic heterocycles. The molecule has 0 fully saturated rings. The van der Waals surface area contributed by atoms with Gasteiger partial charge in [0, 0.05) is 10.6 Å². The van der Waals surface area contributed by atoms with Crippen LogP contribution in [-0.2, 0) is 11.3 Å². The van der Waals surface area contributed by atoms with Crippen LogP contribution in [0.5, 0.6) is 0 Å². The fraction of sp³-hybridized carbons (Fsp3) is 0.133. The van der Waals surface area contributed by atoms with Gasteiger partial charge in [0.1, 0.15) is 12.4 Å². The molecule has 2 aromatic carbocycles. The van der Waals surface area contributed by atoms with Gasteiger partial charge < -0.3 is 10.5 Å². The number of carbonyl (C=O) groups excluding carboxylic acids is 1. The Bertz CT molecular complexity index is 658. The molecule has 5 heteroatoms. The largest absolute Gasteiger partial charge is 0.457 e. The second kappa shape index (κ2) is 5.92. The van der Waals surface area contributed by atoms with Crippen LogP contribution in [0.2, 0.25) is 5.02 Å². The highest BCUT2D eigenvalue weighted by molar-refractivity contribution is 6.31. The quantitative estimate of drug-likeness (QED) is 0.693. The van der Waals surface area contributed by atoms with Gasteiger partial charge in [0.2, 0.25) is 0 Å². The molecular weight excluding hydrogens is 281 g/mol. The van der Waals surface area contributed by atoms with Gasteiger partial charge in [0.15, 0.2) is 0 Å². The standard InChI is InChI=1S/C15H13ClFNO2/c1-9-2-3-11(12(16)6-9)8-20-15(19)10-4-5-13(17)14(18)7-10/h2-7H,8,18H2,1H3. The van der Waals surface area contributed by atoms with E-state index in [0.717, 1.165) is 11.6 Å². The summed E-state index contributed by atoms with van der Waals surface area (Å²) >= 11 is 6.04. The number of aryl methyl sites for hydroxylation is 1. The van der Waals surface area contributed by atoms with E-state index in [1.807, 2.05) is 13.0 Å². The van der Waals surface area contributed by atoms with E-state index in [-0.39, 0.29) is 17.9 Å². The summed E-state index contributed by atoms with van der Waals surface area (Å²) in [7, 11) is 0. The summed E-state index contributed by atoms with van der Waals surface area (Å²) in [6.45, 7) is 1.97. The van der Waals surface area contributed by atoms with Crippen molar-refractivity contribution in [3.05, 3.63) is 63.9 Å². The normalized spacial score (nSPS) is 10.3. The molecule has 0 amide bonds. The van der Waals surface area contributed by atoms with Crippen LogP contribution < -0.4 is 5.73 Å². The van der Waals surface area contributed by atoms with E-state index in [1.54, 1.807) is 12.1 Å². The number of nitrogen functional groups attached to an aromatic ring is 1. The average Bonchev–Trinajstić information content (AvgIpc) is 2.40. The van der Waals surface area contributed by atoms with Crippen LogP contribution in [0.15, 0.2) is 36.4 Å². The summed E-state index contributed by atoms with van der Waals surface area (Å²) in [5.74, 6) is -1.14. The summed E-state index contributed by atoms with van der Waals surface area (Å²) in [6, 6.07) is 9.17. The number of anilines is 1. The molecule has 3 nitrogen and oxygen atoms in total. The maximum absolute atomic E-state index is 13.0. The topological polar surface area (TPSA) is 52.3 Å². The van der Waals surface area contributed by atoms with Gasteiger partial charge in [-0.1, -0.05) is 23.7 Å². The molecule has 0 heterocycles. The molecule has 0 spiro atoms. The number of carbonyl (C=O) groups is 1. The van der Waals surface area contributed by atoms with E-state index in [9.17, 15) is 9.18 Å². The van der Waals surface area contributed by atoms with E-state index < -0.39 is 11.8 Å². The molecule has 0 aliphatic carbocycles. The number of hydrogen-bond donors (Lipinski definition) is 1. The molecule has 0 atom stereocenters. The summed E-state index contributed by atoms with van der Waals surface area (Å²) in [5, 5.41) is 0.538. The van der Waals surface area contributed by atoms with Gasteiger partial charge in [-0.05, 0) is 36.8 Å². The molecule has 0 radical (unpaired) electrons. The molecule has 2 aromatic rings. The van der Waals surface area contributed by atoms with Gasteiger partial charge in [-0.2, -0.15) is 0 Å². The van der Waals surface area contributed by atoms with Gasteiger partial charge in [0.05, 0.1) is 11.3 Å². The Labute approximate surface area is 121 Å². The minimum absolute atomic E-state index is 0.0508. The number of esters is 1. The molecule has 0 saturated heterocycles. The fourth-order valence-corrected chi connectivity index (χ4v) is 1.96. The van der Waals surface area contributed by atoms with Crippen molar-refractivity contribution < 1.29 is 13.9 Å². The van der Waals surface area contributed by atoms with Crippen molar-refractivity contribution in [2.24, 2.45) is 0 Å². The third-order valence-electron chi connectivity index (χ3n) is 2.80. The molecule has 0 bridgehead atoms. The lowest BCUT2D eigenvalue weighted by atomic mass is 10.1. The number of nitrogens with two attached hydrogens (primary N) is 1. The van der Waals surface area contributed by atoms with Crippen LogP contribution in [0.4, 0.5) is 10.1 Å². The van der Waals surface area contributed by atoms with Crippen molar-refractivity contribution >= 4 is 23.3 Å². The number of hydrogen-bond acceptors (Lipinski definition) is 3. The minimum atomic E-state index is -0.576. The maximum atomic E-state index is 13.0. The van der Waals surface area contributed by atoms with Gasteiger partial charge in [-0.3, -0.25) is 0 Å². The lowest BCUT2D eigenvalue weighted by molar-refractivity contribution is 0.0473. The number of benzene rings is 2. The highest BCUT2D eigenvalue weighted by atomic mass is 35.5. The third-order valence-corrected chi connectivity index (χ3v) is 3.15. The van der Waals surface area contributed by atoms with Crippen LogP contribution in [0.1, 0.15) is 21.5 Å². The van der Waals surface area contributed by atoms with Crippen molar-refractivity contribution in [1.29, 1.82) is 0 Å². The first-order valence-corrected chi connectivity index (χ1v) is 6.32. The number of rotatable bonds is 3. The van der Waals surface area contributed by atoms with Crippen molar-refractivity contribution in [1.82, 2.24) is 0 Å². The van der Waals surface area contributed by atoms with E-state index in [4.69, 9.17) is 22.1 Å². The summed E-state index contributed by atoms with van der Waals surface area (Å²) < 4.78 is 18.1. The summed E-state index contributed by atoms with van der Waals surface area (Å²) in [5.41, 5.74) is 7.25. The molecule has 0 saturated carbocycles. The molecule has 104 valence electrons. The molecule has 0 unspecified atom stereocenters. The second-order valence-electron chi connectivity index (χ2n) is 4.41. The zero-order chi connectivity index (χ0) is 14.7. The molecule has 20 heavy (non-hydrogen) atoms. The summed E-state index contributed by atoms with van der Waals surface area (Å²) in [4.78, 5) is 11.8. The van der Waals surface area contributed by atoms with Crippen LogP contribution >= 0.6 is 11.6 Å². The van der Waals surface area contributed by atoms with E-state index in [2.05, 4.69) is 0 Å². The van der Waals surface area contributed by atoms with Gasteiger partial charge in [-0.25, -0.2) is 9.18 Å². The highest BCUT2D eigenvalue weighted by Gasteiger charge is 2.11. The van der Waals surface area contributed by atoms with Crippen LogP contribution in [-0.4, -0.2) is 5.97 Å². The fourth-order valence-electron chi connectivity index (χ4n) is 1.67. The Morgan fingerprint density at radius 2 is 2.05 bits per heavy atom. The molecule has 0 aromatic heterocycles. The SMILES string of the molecule is Cc1ccc(COC(=O)c2ccc(F)c(N)c2)c(Cl)c1. The Morgan fingerprint density at radius 3 is 2.70 bits per heavy atom. The van der Waals surface area contributed by atoms with Crippen LogP contribution in [0.25, 0.3) is 0 Å². The van der Waals surface area contributed by atoms with E-state index in [1.165, 1.54) is 12.1 Å². The Morgan fingerprint density at radius 1 is 1.30 bits per heavy atom. The van der Waals surface area contributed by atoms with Gasteiger partial charge in [-0.15, -0.1) is 0 Å². The first-order valence-electron chi connectivity index (χ1n) is 5.94. The summed E-state index contributed by atoms with van der Waals surface area (Å²) in [6.07, 6.45) is 0. The Hall–Kier alpha value is -2.07. The maximum Gasteiger partial charge on any atom is 0.338 e. The van der Waals surface area contributed by atoms with E-state index in [0.29, 0.717) is 10.6 Å². The zero-order valence-corrected chi connectivity index (χ0v) is 11.6. The lowest BCUT2D eigenvalue weighted by Gasteiger charge is -2.08. The lowest BCUT2D eigenvalue weighted by Crippen LogP contribution is -2.06. The number of halogens is 2. The zero-order valence-electron chi connectivity index (χ0n) is 10.8. The monoisotopic (exact) mass is 293 g/mol. The third kappa shape index (κ3) is 3.27. The molecular formula is C15H13ClFNO2. The van der Waals surface area contributed by atoms with Crippen LogP contribution in [0, 0.1) is 12.7 Å². The van der Waals surface area contributed by atoms with Crippen LogP contribution in [0.3, 0.4) is 0 Å². The van der Waals surface area contributed by atoms with Crippen molar-refractivity contribution in [3.63, 3.8) is 0 Å². The van der Waals surface area contributed by atoms with Crippen molar-refractivity contribution in [3.8, 4) is 0 Å². The molecule has 0 aliphatic rings. The predicted octanol–water partition coefficient (Wildman–Crippen LogP) is 3.73.